The van der Waals surface area contributed by atoms with Crippen LogP contribution in [0.1, 0.15) is 30.6 Å². The third-order valence-electron chi connectivity index (χ3n) is 3.22. The average Bonchev–Trinajstić information content (AvgIpc) is 2.96. The molecule has 0 spiro atoms. The zero-order valence-electron chi connectivity index (χ0n) is 14.2. The van der Waals surface area contributed by atoms with Gasteiger partial charge >= 0.3 is 0 Å². The molecule has 2 rings (SSSR count). The number of hydrogen-bond acceptors (Lipinski definition) is 4. The third-order valence-corrected chi connectivity index (χ3v) is 3.71. The van der Waals surface area contributed by atoms with Crippen LogP contribution in [0.4, 0.5) is 4.39 Å². The summed E-state index contributed by atoms with van der Waals surface area (Å²) < 4.78 is 19.5. The number of halogens is 3. The van der Waals surface area contributed by atoms with E-state index in [2.05, 4.69) is 41.7 Å². The Balaban J connectivity index is 0.00000312. The third kappa shape index (κ3) is 7.68. The first kappa shape index (κ1) is 21.8. The summed E-state index contributed by atoms with van der Waals surface area (Å²) in [7, 11) is 0. The molecule has 0 amide bonds. The molecule has 0 radical (unpaired) electrons. The number of nitrogens with one attached hydrogen (secondary N) is 2. The number of aromatic nitrogens is 2. The lowest BCUT2D eigenvalue weighted by Crippen LogP contribution is -2.37. The predicted molar refractivity (Wildman–Crippen MR) is 110 cm³/mol. The molecule has 0 atom stereocenters. The highest BCUT2D eigenvalue weighted by molar-refractivity contribution is 14.0. The number of nitrogens with zero attached hydrogens (tertiary/aromatic N) is 3. The van der Waals surface area contributed by atoms with E-state index >= 15 is 0 Å². The molecule has 0 saturated heterocycles. The van der Waals surface area contributed by atoms with Crippen LogP contribution in [0.25, 0.3) is 0 Å². The maximum atomic E-state index is 13.8. The van der Waals surface area contributed by atoms with E-state index in [0.29, 0.717) is 42.7 Å². The predicted octanol–water partition coefficient (Wildman–Crippen LogP) is 3.59. The largest absolute Gasteiger partial charge is 0.357 e. The van der Waals surface area contributed by atoms with Crippen molar-refractivity contribution < 1.29 is 8.91 Å². The minimum absolute atomic E-state index is 0. The fraction of sp³-hybridized carbons (Fsp3) is 0.438. The van der Waals surface area contributed by atoms with E-state index in [0.717, 1.165) is 17.4 Å². The number of guanidine groups is 1. The van der Waals surface area contributed by atoms with Gasteiger partial charge in [0, 0.05) is 17.6 Å². The minimum atomic E-state index is -0.184. The van der Waals surface area contributed by atoms with E-state index in [4.69, 9.17) is 4.52 Å². The standard InChI is InChI=1S/C16H21BrFN5O.HI/c1-3-19-16(21-10-15-22-11(2)23-24-15)20-8-4-5-12-6-7-13(17)9-14(12)18;/h6-7,9H,3-5,8,10H2,1-2H3,(H2,19,20,21);1H. The molecule has 2 aromatic rings. The van der Waals surface area contributed by atoms with Gasteiger partial charge in [0.1, 0.15) is 12.4 Å². The van der Waals surface area contributed by atoms with Crippen LogP contribution in [-0.4, -0.2) is 29.2 Å². The molecule has 0 aliphatic rings. The van der Waals surface area contributed by atoms with Gasteiger partial charge in [0.15, 0.2) is 11.8 Å². The molecule has 0 saturated carbocycles. The van der Waals surface area contributed by atoms with Gasteiger partial charge in [-0.1, -0.05) is 27.2 Å². The van der Waals surface area contributed by atoms with Crippen LogP contribution < -0.4 is 10.6 Å². The van der Waals surface area contributed by atoms with Crippen molar-refractivity contribution >= 4 is 45.9 Å². The summed E-state index contributed by atoms with van der Waals surface area (Å²) in [6, 6.07) is 5.14. The van der Waals surface area contributed by atoms with Gasteiger partial charge in [-0.25, -0.2) is 9.38 Å². The van der Waals surface area contributed by atoms with Crippen molar-refractivity contribution in [3.63, 3.8) is 0 Å². The molecule has 0 aliphatic heterocycles. The summed E-state index contributed by atoms with van der Waals surface area (Å²) in [6.45, 7) is 5.50. The monoisotopic (exact) mass is 525 g/mol. The lowest BCUT2D eigenvalue weighted by atomic mass is 10.1. The maximum Gasteiger partial charge on any atom is 0.248 e. The normalized spacial score (nSPS) is 11.1. The van der Waals surface area contributed by atoms with Crippen molar-refractivity contribution in [2.45, 2.75) is 33.2 Å². The highest BCUT2D eigenvalue weighted by Crippen LogP contribution is 2.16. The topological polar surface area (TPSA) is 75.3 Å². The molecular formula is C16H22BrFIN5O. The summed E-state index contributed by atoms with van der Waals surface area (Å²) >= 11 is 3.26. The van der Waals surface area contributed by atoms with Crippen molar-refractivity contribution in [1.82, 2.24) is 20.8 Å². The summed E-state index contributed by atoms with van der Waals surface area (Å²) in [5.41, 5.74) is 0.711. The molecule has 9 heteroatoms. The van der Waals surface area contributed by atoms with E-state index < -0.39 is 0 Å². The molecule has 2 N–H and O–H groups in total. The minimum Gasteiger partial charge on any atom is -0.357 e. The van der Waals surface area contributed by atoms with E-state index in [9.17, 15) is 4.39 Å². The van der Waals surface area contributed by atoms with Crippen LogP contribution in [0.3, 0.4) is 0 Å². The number of aliphatic imine (C=N–C) groups is 1. The average molecular weight is 526 g/mol. The Hall–Kier alpha value is -1.23. The molecule has 0 unspecified atom stereocenters. The number of hydrogen-bond donors (Lipinski definition) is 2. The van der Waals surface area contributed by atoms with Crippen molar-refractivity contribution in [2.75, 3.05) is 13.1 Å². The van der Waals surface area contributed by atoms with Crippen LogP contribution in [0.2, 0.25) is 0 Å². The fourth-order valence-electron chi connectivity index (χ4n) is 2.10. The second-order valence-corrected chi connectivity index (χ2v) is 6.11. The Morgan fingerprint density at radius 2 is 2.16 bits per heavy atom. The van der Waals surface area contributed by atoms with Gasteiger partial charge in [-0.3, -0.25) is 0 Å². The highest BCUT2D eigenvalue weighted by atomic mass is 127. The molecule has 0 fully saturated rings. The van der Waals surface area contributed by atoms with Crippen molar-refractivity contribution in [1.29, 1.82) is 0 Å². The molecule has 1 aromatic heterocycles. The number of aryl methyl sites for hydroxylation is 2. The van der Waals surface area contributed by atoms with Gasteiger partial charge in [0.2, 0.25) is 5.89 Å². The van der Waals surface area contributed by atoms with Crippen LogP contribution in [-0.2, 0) is 13.0 Å². The zero-order chi connectivity index (χ0) is 17.4. The van der Waals surface area contributed by atoms with Crippen molar-refractivity contribution in [3.8, 4) is 0 Å². The second kappa shape index (κ2) is 11.4. The molecule has 1 heterocycles. The molecule has 6 nitrogen and oxygen atoms in total. The van der Waals surface area contributed by atoms with Gasteiger partial charge in [0.25, 0.3) is 0 Å². The Kier molecular flexibility index (Phi) is 9.94. The number of rotatable bonds is 7. The van der Waals surface area contributed by atoms with Gasteiger partial charge in [0.05, 0.1) is 0 Å². The molecule has 0 bridgehead atoms. The van der Waals surface area contributed by atoms with Gasteiger partial charge in [-0.2, -0.15) is 4.98 Å². The molecule has 0 aliphatic carbocycles. The fourth-order valence-corrected chi connectivity index (χ4v) is 2.44. The van der Waals surface area contributed by atoms with Crippen LogP contribution >= 0.6 is 39.9 Å². The molecule has 1 aromatic carbocycles. The maximum absolute atomic E-state index is 13.8. The summed E-state index contributed by atoms with van der Waals surface area (Å²) in [6.07, 6.45) is 1.46. The van der Waals surface area contributed by atoms with Crippen molar-refractivity contribution in [2.24, 2.45) is 4.99 Å². The Morgan fingerprint density at radius 3 is 2.80 bits per heavy atom. The number of benzene rings is 1. The SMILES string of the molecule is CCNC(=NCc1nc(C)no1)NCCCc1ccc(Br)cc1F.I. The van der Waals surface area contributed by atoms with E-state index in [1.807, 2.05) is 13.0 Å². The Morgan fingerprint density at radius 1 is 1.36 bits per heavy atom. The highest BCUT2D eigenvalue weighted by Gasteiger charge is 2.05. The summed E-state index contributed by atoms with van der Waals surface area (Å²) in [5, 5.41) is 10.1. The van der Waals surface area contributed by atoms with E-state index in [1.165, 1.54) is 6.07 Å². The lowest BCUT2D eigenvalue weighted by molar-refractivity contribution is 0.376. The Labute approximate surface area is 172 Å². The first-order valence-corrected chi connectivity index (χ1v) is 8.63. The summed E-state index contributed by atoms with van der Waals surface area (Å²) in [5.74, 6) is 1.55. The van der Waals surface area contributed by atoms with Crippen LogP contribution in [0.15, 0.2) is 32.2 Å². The molecule has 138 valence electrons. The molecule has 25 heavy (non-hydrogen) atoms. The molecular weight excluding hydrogens is 504 g/mol. The smallest absolute Gasteiger partial charge is 0.248 e. The van der Waals surface area contributed by atoms with Gasteiger partial charge in [-0.15, -0.1) is 24.0 Å². The first-order valence-electron chi connectivity index (χ1n) is 7.83. The van der Waals surface area contributed by atoms with E-state index in [1.54, 1.807) is 13.0 Å². The second-order valence-electron chi connectivity index (χ2n) is 5.20. The van der Waals surface area contributed by atoms with E-state index in [-0.39, 0.29) is 29.8 Å². The van der Waals surface area contributed by atoms with Crippen LogP contribution in [0, 0.1) is 12.7 Å². The Bertz CT molecular complexity index is 695. The van der Waals surface area contributed by atoms with Gasteiger partial charge in [-0.05, 0) is 44.4 Å². The van der Waals surface area contributed by atoms with Gasteiger partial charge < -0.3 is 15.2 Å². The summed E-state index contributed by atoms with van der Waals surface area (Å²) in [4.78, 5) is 8.50. The van der Waals surface area contributed by atoms with Crippen molar-refractivity contribution in [3.05, 3.63) is 45.8 Å². The zero-order valence-corrected chi connectivity index (χ0v) is 18.1. The van der Waals surface area contributed by atoms with Crippen LogP contribution in [0.5, 0.6) is 0 Å². The lowest BCUT2D eigenvalue weighted by Gasteiger charge is -2.11. The quantitative estimate of drug-likeness (QED) is 0.250. The first-order chi connectivity index (χ1) is 11.6.